The zero-order valence-electron chi connectivity index (χ0n) is 19.7. The van der Waals surface area contributed by atoms with Gasteiger partial charge in [0.2, 0.25) is 22.9 Å². The molecule has 9 heteroatoms. The number of hydrogen-bond donors (Lipinski definition) is 0. The van der Waals surface area contributed by atoms with Gasteiger partial charge in [-0.1, -0.05) is 12.2 Å². The summed E-state index contributed by atoms with van der Waals surface area (Å²) in [5.41, 5.74) is 0.652. The van der Waals surface area contributed by atoms with E-state index in [1.54, 1.807) is 11.0 Å². The second kappa shape index (κ2) is 9.14. The first-order valence-electron chi connectivity index (χ1n) is 11.8. The molecule has 36 heavy (non-hydrogen) atoms. The minimum absolute atomic E-state index is 0.0154. The van der Waals surface area contributed by atoms with Crippen LogP contribution in [0.2, 0.25) is 0 Å². The molecule has 0 bridgehead atoms. The molecular formula is C27H24FN3O5. The van der Waals surface area contributed by atoms with Gasteiger partial charge in [0.1, 0.15) is 5.82 Å². The summed E-state index contributed by atoms with van der Waals surface area (Å²) < 4.78 is 17.1. The summed E-state index contributed by atoms with van der Waals surface area (Å²) >= 11 is 0. The van der Waals surface area contributed by atoms with Crippen molar-refractivity contribution in [2.45, 2.75) is 25.8 Å². The number of hydrogen-bond acceptors (Lipinski definition) is 6. The van der Waals surface area contributed by atoms with E-state index in [0.29, 0.717) is 43.0 Å². The highest BCUT2D eigenvalue weighted by Gasteiger charge is 2.28. The zero-order chi connectivity index (χ0) is 25.6. The fourth-order valence-corrected chi connectivity index (χ4v) is 4.58. The molecule has 0 atom stereocenters. The molecule has 2 aliphatic carbocycles. The van der Waals surface area contributed by atoms with E-state index in [1.807, 2.05) is 9.47 Å². The van der Waals surface area contributed by atoms with Gasteiger partial charge in [-0.25, -0.2) is 4.39 Å². The number of allylic oxidation sites excluding steroid dienone is 6. The van der Waals surface area contributed by atoms with Gasteiger partial charge in [0.15, 0.2) is 5.78 Å². The largest absolute Gasteiger partial charge is 0.366 e. The predicted octanol–water partition coefficient (Wildman–Crippen LogP) is 2.52. The third kappa shape index (κ3) is 4.44. The number of carbonyl (C=O) groups excluding carboxylic acids is 4. The van der Waals surface area contributed by atoms with Gasteiger partial charge in [-0.3, -0.25) is 24.0 Å². The molecule has 0 spiro atoms. The van der Waals surface area contributed by atoms with E-state index in [-0.39, 0.29) is 22.9 Å². The van der Waals surface area contributed by atoms with Crippen LogP contribution in [0.3, 0.4) is 0 Å². The quantitative estimate of drug-likeness (QED) is 0.277. The minimum Gasteiger partial charge on any atom is -0.366 e. The van der Waals surface area contributed by atoms with Crippen LogP contribution in [0.1, 0.15) is 36.2 Å². The molecule has 2 heterocycles. The van der Waals surface area contributed by atoms with Crippen LogP contribution in [0.25, 0.3) is 10.9 Å². The maximum Gasteiger partial charge on any atom is 0.226 e. The number of rotatable bonds is 5. The molecule has 184 valence electrons. The van der Waals surface area contributed by atoms with E-state index in [0.717, 1.165) is 25.0 Å². The minimum atomic E-state index is -0.680. The smallest absolute Gasteiger partial charge is 0.226 e. The summed E-state index contributed by atoms with van der Waals surface area (Å²) in [5.74, 6) is -2.46. The van der Waals surface area contributed by atoms with E-state index in [9.17, 15) is 24.0 Å². The number of amides is 1. The lowest BCUT2D eigenvalue weighted by Gasteiger charge is -2.36. The molecule has 0 unspecified atom stereocenters. The second-order valence-electron chi connectivity index (χ2n) is 9.23. The van der Waals surface area contributed by atoms with Crippen molar-refractivity contribution < 1.29 is 23.6 Å². The first-order chi connectivity index (χ1) is 17.2. The van der Waals surface area contributed by atoms with E-state index in [4.69, 9.17) is 0 Å². The third-order valence-electron chi connectivity index (χ3n) is 6.77. The van der Waals surface area contributed by atoms with Gasteiger partial charge >= 0.3 is 0 Å². The molecule has 1 saturated carbocycles. The van der Waals surface area contributed by atoms with Crippen LogP contribution in [0.4, 0.5) is 10.1 Å². The van der Waals surface area contributed by atoms with Crippen LogP contribution in [0.5, 0.6) is 0 Å². The normalized spacial score (nSPS) is 18.3. The Balaban J connectivity index is 1.50. The fraction of sp³-hybridized carbons (Fsp3) is 0.296. The third-order valence-corrected chi connectivity index (χ3v) is 6.77. The molecule has 0 radical (unpaired) electrons. The summed E-state index contributed by atoms with van der Waals surface area (Å²) in [7, 11) is 0. The van der Waals surface area contributed by atoms with Gasteiger partial charge in [0, 0.05) is 50.7 Å². The molecule has 1 aliphatic heterocycles. The number of aromatic nitrogens is 1. The molecule has 2 aromatic rings. The van der Waals surface area contributed by atoms with Gasteiger partial charge in [-0.05, 0) is 48.8 Å². The lowest BCUT2D eigenvalue weighted by Crippen LogP contribution is -2.48. The summed E-state index contributed by atoms with van der Waals surface area (Å²) in [5, 5.41) is 0.127. The Morgan fingerprint density at radius 2 is 1.72 bits per heavy atom. The molecule has 1 aromatic heterocycles. The second-order valence-corrected chi connectivity index (χ2v) is 9.23. The highest BCUT2D eigenvalue weighted by atomic mass is 19.1. The fourth-order valence-electron chi connectivity index (χ4n) is 4.58. The number of piperazine rings is 1. The molecule has 1 aromatic carbocycles. The maximum atomic E-state index is 15.2. The van der Waals surface area contributed by atoms with Gasteiger partial charge in [-0.2, -0.15) is 0 Å². The maximum absolute atomic E-state index is 15.2. The molecular weight excluding hydrogens is 465 g/mol. The highest BCUT2D eigenvalue weighted by molar-refractivity contribution is 6.46. The average Bonchev–Trinajstić information content (AvgIpc) is 3.70. The number of carbonyl (C=O) groups is 4. The molecule has 2 fully saturated rings. The number of pyridine rings is 1. The number of fused-ring (bicyclic) bond motifs is 1. The summed E-state index contributed by atoms with van der Waals surface area (Å²) in [6.07, 6.45) is 9.54. The van der Waals surface area contributed by atoms with Gasteiger partial charge in [-0.15, -0.1) is 0 Å². The lowest BCUT2D eigenvalue weighted by atomic mass is 10.0. The summed E-state index contributed by atoms with van der Waals surface area (Å²) in [6.45, 7) is 3.46. The van der Waals surface area contributed by atoms with Crippen molar-refractivity contribution in [3.05, 3.63) is 75.9 Å². The van der Waals surface area contributed by atoms with Crippen LogP contribution in [0.15, 0.2) is 59.1 Å². The summed E-state index contributed by atoms with van der Waals surface area (Å²) in [6, 6.07) is 2.97. The van der Waals surface area contributed by atoms with Gasteiger partial charge < -0.3 is 14.4 Å². The van der Waals surface area contributed by atoms with Crippen molar-refractivity contribution in [1.82, 2.24) is 9.47 Å². The highest BCUT2D eigenvalue weighted by Crippen LogP contribution is 2.38. The lowest BCUT2D eigenvalue weighted by molar-refractivity contribution is -0.131. The zero-order valence-corrected chi connectivity index (χ0v) is 19.7. The van der Waals surface area contributed by atoms with Gasteiger partial charge in [0.05, 0.1) is 16.8 Å². The van der Waals surface area contributed by atoms with Gasteiger partial charge in [0.25, 0.3) is 0 Å². The van der Waals surface area contributed by atoms with Crippen LogP contribution >= 0.6 is 0 Å². The Hall–Kier alpha value is -4.14. The van der Waals surface area contributed by atoms with Crippen molar-refractivity contribution in [3.63, 3.8) is 0 Å². The Morgan fingerprint density at radius 3 is 2.36 bits per heavy atom. The van der Waals surface area contributed by atoms with Crippen LogP contribution in [-0.2, 0) is 14.4 Å². The SMILES string of the molecule is CC(=O)N1CCN(c2cc3c(cc2F)c(=O)c(C(=O)/C=C/C2=CC(=O)C(=O)C=C2)cn3C2CC2)CC1. The Morgan fingerprint density at radius 1 is 1.00 bits per heavy atom. The van der Waals surface area contributed by atoms with Crippen molar-refractivity contribution in [1.29, 1.82) is 0 Å². The molecule has 3 aliphatic rings. The standard InChI is InChI=1S/C27H24FN3O5/c1-16(32)29-8-10-30(11-9-29)23-14-22-19(13-21(23)28)27(36)20(15-31(22)18-4-5-18)24(33)6-2-17-3-7-25(34)26(35)12-17/h2-3,6-7,12-15,18H,4-5,8-11H2,1H3/b6-2+. The first kappa shape index (κ1) is 23.6. The van der Waals surface area contributed by atoms with E-state index in [1.165, 1.54) is 37.4 Å². The van der Waals surface area contributed by atoms with Crippen LogP contribution in [-0.4, -0.2) is 58.9 Å². The molecule has 8 nitrogen and oxygen atoms in total. The molecule has 0 N–H and O–H groups in total. The van der Waals surface area contributed by atoms with Crippen molar-refractivity contribution >= 4 is 39.8 Å². The number of halogens is 1. The number of nitrogens with zero attached hydrogens (tertiary/aromatic N) is 3. The Labute approximate surface area is 206 Å². The Kier molecular flexibility index (Phi) is 5.99. The number of anilines is 1. The Bertz CT molecular complexity index is 1470. The van der Waals surface area contributed by atoms with Crippen LogP contribution in [0, 0.1) is 5.82 Å². The molecule has 1 saturated heterocycles. The number of benzene rings is 1. The molecule has 1 amide bonds. The van der Waals surface area contributed by atoms with Crippen molar-refractivity contribution in [2.24, 2.45) is 0 Å². The van der Waals surface area contributed by atoms with E-state index >= 15 is 4.39 Å². The van der Waals surface area contributed by atoms with Crippen LogP contribution < -0.4 is 10.3 Å². The topological polar surface area (TPSA) is 96.8 Å². The monoisotopic (exact) mass is 489 g/mol. The average molecular weight is 490 g/mol. The van der Waals surface area contributed by atoms with E-state index < -0.39 is 28.6 Å². The summed E-state index contributed by atoms with van der Waals surface area (Å²) in [4.78, 5) is 64.3. The van der Waals surface area contributed by atoms with Crippen molar-refractivity contribution in [2.75, 3.05) is 31.1 Å². The number of ketones is 3. The van der Waals surface area contributed by atoms with Crippen molar-refractivity contribution in [3.8, 4) is 0 Å². The van der Waals surface area contributed by atoms with E-state index in [2.05, 4.69) is 0 Å². The predicted molar refractivity (Wildman–Crippen MR) is 132 cm³/mol. The molecule has 5 rings (SSSR count). The first-order valence-corrected chi connectivity index (χ1v) is 11.8.